The fourth-order valence-electron chi connectivity index (χ4n) is 3.37. The molecule has 190 valence electrons. The zero-order valence-electron chi connectivity index (χ0n) is 19.4. The second-order valence-corrected chi connectivity index (χ2v) is 8.20. The molecule has 0 aromatic rings. The van der Waals surface area contributed by atoms with Crippen LogP contribution in [0.5, 0.6) is 0 Å². The molecule has 0 bridgehead atoms. The van der Waals surface area contributed by atoms with Crippen LogP contribution >= 0.6 is 0 Å². The number of rotatable bonds is 21. The highest BCUT2D eigenvalue weighted by Gasteiger charge is 2.58. The van der Waals surface area contributed by atoms with Crippen molar-refractivity contribution in [3.63, 3.8) is 0 Å². The van der Waals surface area contributed by atoms with Crippen LogP contribution in [0.2, 0.25) is 0 Å². The van der Waals surface area contributed by atoms with Crippen molar-refractivity contribution in [1.29, 1.82) is 0 Å². The third-order valence-corrected chi connectivity index (χ3v) is 5.43. The van der Waals surface area contributed by atoms with Crippen LogP contribution in [0.25, 0.3) is 0 Å². The summed E-state index contributed by atoms with van der Waals surface area (Å²) < 4.78 is 10.3. The van der Waals surface area contributed by atoms with E-state index in [-0.39, 0.29) is 39.3 Å². The zero-order valence-corrected chi connectivity index (χ0v) is 19.4. The average Bonchev–Trinajstić information content (AvgIpc) is 2.80. The summed E-state index contributed by atoms with van der Waals surface area (Å²) in [6, 6.07) is 0. The van der Waals surface area contributed by atoms with E-state index in [4.69, 9.17) is 14.6 Å². The molecule has 0 aliphatic carbocycles. The molecule has 0 rings (SSSR count). The molecule has 0 saturated heterocycles. The minimum absolute atomic E-state index is 0.000552. The van der Waals surface area contributed by atoms with Crippen LogP contribution in [-0.2, 0) is 19.1 Å². The van der Waals surface area contributed by atoms with Crippen molar-refractivity contribution in [2.75, 3.05) is 46.2 Å². The van der Waals surface area contributed by atoms with Gasteiger partial charge < -0.3 is 40.1 Å². The lowest BCUT2D eigenvalue weighted by Gasteiger charge is -2.38. The third-order valence-electron chi connectivity index (χ3n) is 5.43. The minimum atomic E-state index is -3.00. The number of hydrogen-bond acceptors (Lipinski definition) is 10. The van der Waals surface area contributed by atoms with E-state index in [0.717, 1.165) is 12.8 Å². The van der Waals surface area contributed by atoms with Gasteiger partial charge in [0.05, 0.1) is 46.2 Å². The van der Waals surface area contributed by atoms with E-state index >= 15 is 0 Å². The molecule has 10 heteroatoms. The first-order valence-electron chi connectivity index (χ1n) is 11.4. The van der Waals surface area contributed by atoms with Crippen LogP contribution in [0.3, 0.4) is 0 Å². The Bertz CT molecular complexity index is 505. The van der Waals surface area contributed by atoms with E-state index in [2.05, 4.69) is 0 Å². The van der Waals surface area contributed by atoms with Crippen molar-refractivity contribution in [3.8, 4) is 0 Å². The van der Waals surface area contributed by atoms with Crippen molar-refractivity contribution in [2.45, 2.75) is 82.0 Å². The van der Waals surface area contributed by atoms with Crippen LogP contribution in [0.1, 0.15) is 65.2 Å². The van der Waals surface area contributed by atoms with Crippen molar-refractivity contribution in [1.82, 2.24) is 0 Å². The van der Waals surface area contributed by atoms with Gasteiger partial charge in [0, 0.05) is 0 Å². The maximum atomic E-state index is 13.2. The summed E-state index contributed by atoms with van der Waals surface area (Å²) in [6.07, 6.45) is 3.18. The van der Waals surface area contributed by atoms with Gasteiger partial charge >= 0.3 is 0 Å². The summed E-state index contributed by atoms with van der Waals surface area (Å²) in [4.78, 5) is 26.4. The number of carbonyl (C=O) groups excluding carboxylic acids is 2. The van der Waals surface area contributed by atoms with E-state index in [1.165, 1.54) is 0 Å². The first kappa shape index (κ1) is 31.0. The van der Waals surface area contributed by atoms with Crippen molar-refractivity contribution in [3.05, 3.63) is 0 Å². The zero-order chi connectivity index (χ0) is 24.7. The highest BCUT2D eigenvalue weighted by molar-refractivity contribution is 6.16. The van der Waals surface area contributed by atoms with Gasteiger partial charge in [-0.15, -0.1) is 0 Å². The highest BCUT2D eigenvalue weighted by Crippen LogP contribution is 2.29. The van der Waals surface area contributed by atoms with Crippen LogP contribution in [0.4, 0.5) is 0 Å². The van der Waals surface area contributed by atoms with Crippen molar-refractivity contribution < 1.29 is 49.7 Å². The molecular weight excluding hydrogens is 424 g/mol. The summed E-state index contributed by atoms with van der Waals surface area (Å²) in [7, 11) is 0. The standard InChI is InChI=1S/C22H42O10/c1-3-5-7-9-20(28,15-24)18(26)22(30,17-32-14-13-31-12-11-23)19(27)21(29,16-25)10-8-6-4-2/h23-25,28-30H,3-17H2,1-2H3. The Kier molecular flexibility index (Phi) is 15.3. The molecule has 0 aromatic carbocycles. The predicted molar refractivity (Wildman–Crippen MR) is 116 cm³/mol. The van der Waals surface area contributed by atoms with E-state index in [0.29, 0.717) is 25.7 Å². The molecule has 0 amide bonds. The number of aliphatic hydroxyl groups excluding tert-OH is 3. The van der Waals surface area contributed by atoms with Gasteiger partial charge in [-0.25, -0.2) is 0 Å². The third kappa shape index (κ3) is 9.11. The topological polar surface area (TPSA) is 174 Å². The SMILES string of the molecule is CCCCCC(O)(CO)C(=O)C(O)(COCCOCCO)C(=O)C(O)(CO)CCCCC. The Balaban J connectivity index is 5.78. The second kappa shape index (κ2) is 15.8. The molecule has 0 heterocycles. The highest BCUT2D eigenvalue weighted by atomic mass is 16.5. The summed E-state index contributed by atoms with van der Waals surface area (Å²) in [5.74, 6) is -2.76. The Hall–Kier alpha value is -0.980. The molecule has 0 aliphatic heterocycles. The van der Waals surface area contributed by atoms with Crippen molar-refractivity contribution >= 4 is 11.6 Å². The summed E-state index contributed by atoms with van der Waals surface area (Å²) in [6.45, 7) is 0.548. The van der Waals surface area contributed by atoms with Gasteiger partial charge in [0.1, 0.15) is 11.2 Å². The molecule has 0 aliphatic rings. The molecule has 32 heavy (non-hydrogen) atoms. The Labute approximate surface area is 190 Å². The second-order valence-electron chi connectivity index (χ2n) is 8.20. The number of Topliss-reactive ketones (excluding diaryl/α,β-unsaturated/α-hetero) is 2. The molecule has 0 radical (unpaired) electrons. The first-order chi connectivity index (χ1) is 15.1. The number of hydrogen-bond donors (Lipinski definition) is 6. The Morgan fingerprint density at radius 3 is 1.50 bits per heavy atom. The molecule has 2 unspecified atom stereocenters. The van der Waals surface area contributed by atoms with Gasteiger partial charge in [0.25, 0.3) is 0 Å². The molecule has 0 aromatic heterocycles. The Morgan fingerprint density at radius 1 is 0.688 bits per heavy atom. The number of aliphatic hydroxyl groups is 6. The summed E-state index contributed by atoms with van der Waals surface area (Å²) in [5.41, 5.74) is -7.84. The van der Waals surface area contributed by atoms with Gasteiger partial charge in [-0.05, 0) is 12.8 Å². The monoisotopic (exact) mass is 466 g/mol. The van der Waals surface area contributed by atoms with E-state index in [1.807, 2.05) is 13.8 Å². The van der Waals surface area contributed by atoms with Gasteiger partial charge in [0.15, 0.2) is 0 Å². The fraction of sp³-hybridized carbons (Fsp3) is 0.909. The molecule has 6 N–H and O–H groups in total. The van der Waals surface area contributed by atoms with Gasteiger partial charge in [-0.1, -0.05) is 52.4 Å². The maximum absolute atomic E-state index is 13.2. The molecule has 0 spiro atoms. The largest absolute Gasteiger partial charge is 0.394 e. The van der Waals surface area contributed by atoms with Crippen LogP contribution in [0.15, 0.2) is 0 Å². The van der Waals surface area contributed by atoms with Crippen LogP contribution < -0.4 is 0 Å². The van der Waals surface area contributed by atoms with Gasteiger partial charge in [0.2, 0.25) is 17.2 Å². The predicted octanol–water partition coefficient (Wildman–Crippen LogP) is -0.511. The normalized spacial score (nSPS) is 17.4. The molecule has 10 nitrogen and oxygen atoms in total. The van der Waals surface area contributed by atoms with Crippen LogP contribution in [0, 0.1) is 0 Å². The van der Waals surface area contributed by atoms with Crippen LogP contribution in [-0.4, -0.2) is 105 Å². The Morgan fingerprint density at radius 2 is 1.12 bits per heavy atom. The summed E-state index contributed by atoms with van der Waals surface area (Å²) in [5, 5.41) is 60.8. The fourth-order valence-corrected chi connectivity index (χ4v) is 3.37. The lowest BCUT2D eigenvalue weighted by Crippen LogP contribution is -2.66. The molecule has 0 fully saturated rings. The minimum Gasteiger partial charge on any atom is -0.394 e. The quantitative estimate of drug-likeness (QED) is 0.0955. The lowest BCUT2D eigenvalue weighted by molar-refractivity contribution is -0.185. The first-order valence-corrected chi connectivity index (χ1v) is 11.4. The number of carbonyl (C=O) groups is 2. The molecule has 2 atom stereocenters. The smallest absolute Gasteiger partial charge is 0.211 e. The van der Waals surface area contributed by atoms with E-state index in [9.17, 15) is 35.1 Å². The molecular formula is C22H42O10. The average molecular weight is 467 g/mol. The number of unbranched alkanes of at least 4 members (excludes halogenated alkanes) is 4. The van der Waals surface area contributed by atoms with E-state index in [1.54, 1.807) is 0 Å². The van der Waals surface area contributed by atoms with Crippen molar-refractivity contribution in [2.24, 2.45) is 0 Å². The maximum Gasteiger partial charge on any atom is 0.211 e. The van der Waals surface area contributed by atoms with E-state index < -0.39 is 48.2 Å². The number of ether oxygens (including phenoxy) is 2. The summed E-state index contributed by atoms with van der Waals surface area (Å²) >= 11 is 0. The molecule has 0 saturated carbocycles. The van der Waals surface area contributed by atoms with Gasteiger partial charge in [-0.3, -0.25) is 9.59 Å². The number of ketones is 2. The lowest BCUT2D eigenvalue weighted by atomic mass is 9.74. The van der Waals surface area contributed by atoms with Gasteiger partial charge in [-0.2, -0.15) is 0 Å².